The van der Waals surface area contributed by atoms with E-state index in [2.05, 4.69) is 24.4 Å². The summed E-state index contributed by atoms with van der Waals surface area (Å²) in [5.41, 5.74) is 1.25. The lowest BCUT2D eigenvalue weighted by Crippen LogP contribution is -2.24. The molecule has 0 amide bonds. The zero-order valence-corrected chi connectivity index (χ0v) is 11.0. The van der Waals surface area contributed by atoms with Gasteiger partial charge >= 0.3 is 0 Å². The first-order valence-corrected chi connectivity index (χ1v) is 6.42. The summed E-state index contributed by atoms with van der Waals surface area (Å²) in [6.07, 6.45) is 0. The van der Waals surface area contributed by atoms with Crippen LogP contribution in [-0.2, 0) is 0 Å². The topological polar surface area (TPSA) is 21.3 Å². The number of hydrogen-bond acceptors (Lipinski definition) is 2. The lowest BCUT2D eigenvalue weighted by Gasteiger charge is -2.14. The average Bonchev–Trinajstić information content (AvgIpc) is 2.46. The molecule has 0 aliphatic carbocycles. The Morgan fingerprint density at radius 1 is 1.05 bits per heavy atom. The Balaban J connectivity index is 1.71. The monoisotopic (exact) mass is 259 g/mol. The van der Waals surface area contributed by atoms with Gasteiger partial charge < -0.3 is 10.1 Å². The lowest BCUT2D eigenvalue weighted by atomic mass is 10.1. The second-order valence-electron chi connectivity index (χ2n) is 4.39. The van der Waals surface area contributed by atoms with Crippen molar-refractivity contribution in [3.8, 4) is 5.75 Å². The Bertz CT molecular complexity index is 484. The first-order chi connectivity index (χ1) is 9.25. The van der Waals surface area contributed by atoms with Crippen LogP contribution in [0.1, 0.15) is 18.5 Å². The molecule has 0 radical (unpaired) electrons. The van der Waals surface area contributed by atoms with E-state index in [1.165, 1.54) is 17.7 Å². The summed E-state index contributed by atoms with van der Waals surface area (Å²) >= 11 is 0. The second kappa shape index (κ2) is 6.90. The lowest BCUT2D eigenvalue weighted by molar-refractivity contribution is 0.307. The maximum absolute atomic E-state index is 12.7. The third-order valence-corrected chi connectivity index (χ3v) is 2.93. The van der Waals surface area contributed by atoms with Crippen molar-refractivity contribution in [2.45, 2.75) is 13.0 Å². The minimum Gasteiger partial charge on any atom is -0.492 e. The minimum absolute atomic E-state index is 0.247. The van der Waals surface area contributed by atoms with E-state index in [1.54, 1.807) is 12.1 Å². The van der Waals surface area contributed by atoms with Crippen LogP contribution >= 0.6 is 0 Å². The van der Waals surface area contributed by atoms with Crippen molar-refractivity contribution >= 4 is 0 Å². The molecule has 1 N–H and O–H groups in total. The van der Waals surface area contributed by atoms with Crippen molar-refractivity contribution in [2.24, 2.45) is 0 Å². The SMILES string of the molecule is CC(NCCOc1ccc(F)cc1)c1ccccc1. The predicted octanol–water partition coefficient (Wildman–Crippen LogP) is 3.56. The quantitative estimate of drug-likeness (QED) is 0.801. The first-order valence-electron chi connectivity index (χ1n) is 6.42. The smallest absolute Gasteiger partial charge is 0.123 e. The third-order valence-electron chi connectivity index (χ3n) is 2.93. The Hall–Kier alpha value is -1.87. The molecule has 0 aromatic heterocycles. The summed E-state index contributed by atoms with van der Waals surface area (Å²) in [5.74, 6) is 0.443. The molecule has 0 aliphatic heterocycles. The van der Waals surface area contributed by atoms with Crippen LogP contribution in [0.3, 0.4) is 0 Å². The van der Waals surface area contributed by atoms with Gasteiger partial charge in [0, 0.05) is 12.6 Å². The van der Waals surface area contributed by atoms with Gasteiger partial charge in [-0.15, -0.1) is 0 Å². The molecule has 1 unspecified atom stereocenters. The van der Waals surface area contributed by atoms with Gasteiger partial charge in [0.25, 0.3) is 0 Å². The van der Waals surface area contributed by atoms with Gasteiger partial charge in [0.15, 0.2) is 0 Å². The molecule has 0 spiro atoms. The number of benzene rings is 2. The molecule has 2 aromatic rings. The molecule has 1 atom stereocenters. The fourth-order valence-electron chi connectivity index (χ4n) is 1.83. The van der Waals surface area contributed by atoms with Crippen molar-refractivity contribution in [3.05, 3.63) is 66.0 Å². The number of nitrogens with one attached hydrogen (secondary N) is 1. The van der Waals surface area contributed by atoms with E-state index in [4.69, 9.17) is 4.74 Å². The van der Waals surface area contributed by atoms with Crippen LogP contribution in [0.25, 0.3) is 0 Å². The molecule has 2 rings (SSSR count). The largest absolute Gasteiger partial charge is 0.492 e. The van der Waals surface area contributed by atoms with Crippen LogP contribution in [-0.4, -0.2) is 13.2 Å². The highest BCUT2D eigenvalue weighted by atomic mass is 19.1. The molecule has 19 heavy (non-hydrogen) atoms. The van der Waals surface area contributed by atoms with Gasteiger partial charge in [-0.2, -0.15) is 0 Å². The normalized spacial score (nSPS) is 12.1. The van der Waals surface area contributed by atoms with E-state index in [9.17, 15) is 4.39 Å². The van der Waals surface area contributed by atoms with Crippen LogP contribution in [0.2, 0.25) is 0 Å². The van der Waals surface area contributed by atoms with Gasteiger partial charge in [0.05, 0.1) is 0 Å². The van der Waals surface area contributed by atoms with Crippen molar-refractivity contribution in [1.29, 1.82) is 0 Å². The molecule has 0 fully saturated rings. The molecule has 100 valence electrons. The molecule has 0 saturated heterocycles. The molecule has 3 heteroatoms. The highest BCUT2D eigenvalue weighted by molar-refractivity contribution is 5.22. The van der Waals surface area contributed by atoms with Crippen LogP contribution in [0.4, 0.5) is 4.39 Å². The first kappa shape index (κ1) is 13.6. The van der Waals surface area contributed by atoms with Gasteiger partial charge in [0.2, 0.25) is 0 Å². The number of halogens is 1. The van der Waals surface area contributed by atoms with Crippen LogP contribution in [0.15, 0.2) is 54.6 Å². The van der Waals surface area contributed by atoms with Crippen LogP contribution < -0.4 is 10.1 Å². The average molecular weight is 259 g/mol. The third kappa shape index (κ3) is 4.38. The summed E-state index contributed by atoms with van der Waals surface area (Å²) in [4.78, 5) is 0. The highest BCUT2D eigenvalue weighted by Crippen LogP contribution is 2.12. The number of rotatable bonds is 6. The molecular formula is C16H18FNO. The summed E-state index contributed by atoms with van der Waals surface area (Å²) in [6.45, 7) is 3.42. The van der Waals surface area contributed by atoms with Gasteiger partial charge in [-0.3, -0.25) is 0 Å². The Morgan fingerprint density at radius 3 is 2.42 bits per heavy atom. The van der Waals surface area contributed by atoms with E-state index in [-0.39, 0.29) is 11.9 Å². The highest BCUT2D eigenvalue weighted by Gasteiger charge is 2.03. The van der Waals surface area contributed by atoms with Gasteiger partial charge in [-0.1, -0.05) is 30.3 Å². The second-order valence-corrected chi connectivity index (χ2v) is 4.39. The van der Waals surface area contributed by atoms with Crippen molar-refractivity contribution in [3.63, 3.8) is 0 Å². The van der Waals surface area contributed by atoms with E-state index >= 15 is 0 Å². The van der Waals surface area contributed by atoms with Crippen molar-refractivity contribution < 1.29 is 9.13 Å². The Kier molecular flexibility index (Phi) is 4.93. The number of hydrogen-bond donors (Lipinski definition) is 1. The molecule has 2 aromatic carbocycles. The van der Waals surface area contributed by atoms with E-state index < -0.39 is 0 Å². The molecule has 0 bridgehead atoms. The van der Waals surface area contributed by atoms with E-state index in [0.29, 0.717) is 12.4 Å². The molecular weight excluding hydrogens is 241 g/mol. The van der Waals surface area contributed by atoms with Crippen molar-refractivity contribution in [2.75, 3.05) is 13.2 Å². The van der Waals surface area contributed by atoms with E-state index in [0.717, 1.165) is 6.54 Å². The fourth-order valence-corrected chi connectivity index (χ4v) is 1.83. The zero-order valence-electron chi connectivity index (χ0n) is 11.0. The maximum Gasteiger partial charge on any atom is 0.123 e. The van der Waals surface area contributed by atoms with Gasteiger partial charge in [0.1, 0.15) is 18.2 Å². The van der Waals surface area contributed by atoms with Crippen LogP contribution in [0.5, 0.6) is 5.75 Å². The molecule has 0 heterocycles. The van der Waals surface area contributed by atoms with Gasteiger partial charge in [-0.25, -0.2) is 4.39 Å². The Morgan fingerprint density at radius 2 is 1.74 bits per heavy atom. The van der Waals surface area contributed by atoms with Crippen LogP contribution in [0, 0.1) is 5.82 Å². The summed E-state index contributed by atoms with van der Waals surface area (Å²) < 4.78 is 18.2. The summed E-state index contributed by atoms with van der Waals surface area (Å²) in [6, 6.07) is 16.6. The maximum atomic E-state index is 12.7. The summed E-state index contributed by atoms with van der Waals surface area (Å²) in [5, 5.41) is 3.38. The molecule has 0 saturated carbocycles. The number of ether oxygens (including phenoxy) is 1. The van der Waals surface area contributed by atoms with E-state index in [1.807, 2.05) is 18.2 Å². The Labute approximate surface area is 113 Å². The molecule has 0 aliphatic rings. The molecule has 2 nitrogen and oxygen atoms in total. The zero-order chi connectivity index (χ0) is 13.5. The summed E-state index contributed by atoms with van der Waals surface area (Å²) in [7, 11) is 0. The minimum atomic E-state index is -0.247. The standard InChI is InChI=1S/C16H18FNO/c1-13(14-5-3-2-4-6-14)18-11-12-19-16-9-7-15(17)8-10-16/h2-10,13,18H,11-12H2,1H3. The predicted molar refractivity (Wildman–Crippen MR) is 74.8 cm³/mol. The van der Waals surface area contributed by atoms with Crippen molar-refractivity contribution in [1.82, 2.24) is 5.32 Å². The van der Waals surface area contributed by atoms with Gasteiger partial charge in [-0.05, 0) is 36.8 Å². The fraction of sp³-hybridized carbons (Fsp3) is 0.250.